The normalized spacial score (nSPS) is 23.1. The van der Waals surface area contributed by atoms with Crippen LogP contribution in [0, 0.1) is 15.4 Å². The first kappa shape index (κ1) is 14.8. The van der Waals surface area contributed by atoms with Gasteiger partial charge in [-0.25, -0.2) is 0 Å². The maximum atomic E-state index is 12.1. The molecule has 1 aromatic carbocycles. The van der Waals surface area contributed by atoms with Gasteiger partial charge in [0, 0.05) is 22.3 Å². The minimum atomic E-state index is -0.0132. The summed E-state index contributed by atoms with van der Waals surface area (Å²) in [6.45, 7) is 0.916. The number of hydrogen-bond acceptors (Lipinski definition) is 2. The fourth-order valence-electron chi connectivity index (χ4n) is 2.75. The second-order valence-corrected chi connectivity index (χ2v) is 6.45. The lowest BCUT2D eigenvalue weighted by molar-refractivity contribution is 0.0909. The van der Waals surface area contributed by atoms with Crippen LogP contribution in [0.5, 0.6) is 0 Å². The molecule has 1 amide bonds. The van der Waals surface area contributed by atoms with Gasteiger partial charge in [-0.3, -0.25) is 4.79 Å². The molecule has 1 fully saturated rings. The number of aliphatic hydroxyl groups is 1. The topological polar surface area (TPSA) is 49.3 Å². The van der Waals surface area contributed by atoms with Gasteiger partial charge in [-0.2, -0.15) is 0 Å². The average molecular weight is 373 g/mol. The molecule has 0 aliphatic heterocycles. The molecule has 4 heteroatoms. The molecule has 0 bridgehead atoms. The first-order valence-corrected chi connectivity index (χ1v) is 7.93. The Bertz CT molecular complexity index is 436. The molecular weight excluding hydrogens is 353 g/mol. The summed E-state index contributed by atoms with van der Waals surface area (Å²) in [6, 6.07) is 7.59. The van der Waals surface area contributed by atoms with Gasteiger partial charge in [0.2, 0.25) is 0 Å². The maximum absolute atomic E-state index is 12.1. The van der Waals surface area contributed by atoms with Gasteiger partial charge < -0.3 is 10.4 Å². The molecule has 1 aliphatic carbocycles. The van der Waals surface area contributed by atoms with Gasteiger partial charge in [-0.05, 0) is 65.5 Å². The highest BCUT2D eigenvalue weighted by molar-refractivity contribution is 14.1. The van der Waals surface area contributed by atoms with Crippen molar-refractivity contribution < 1.29 is 9.90 Å². The smallest absolute Gasteiger partial charge is 0.251 e. The highest BCUT2D eigenvalue weighted by Gasteiger charge is 2.24. The molecule has 1 saturated carbocycles. The van der Waals surface area contributed by atoms with Gasteiger partial charge in [0.05, 0.1) is 0 Å². The third-order valence-corrected chi connectivity index (χ3v) is 4.58. The number of carbonyl (C=O) groups is 1. The summed E-state index contributed by atoms with van der Waals surface area (Å²) >= 11 is 2.21. The summed E-state index contributed by atoms with van der Waals surface area (Å²) in [5.41, 5.74) is 0.711. The molecule has 0 aromatic heterocycles. The van der Waals surface area contributed by atoms with Gasteiger partial charge in [-0.15, -0.1) is 0 Å². The molecule has 1 aromatic rings. The quantitative estimate of drug-likeness (QED) is 0.798. The predicted molar refractivity (Wildman–Crippen MR) is 84.0 cm³/mol. The molecule has 2 atom stereocenters. The Morgan fingerprint density at radius 1 is 1.32 bits per heavy atom. The summed E-state index contributed by atoms with van der Waals surface area (Å²) in [5, 5.41) is 12.4. The number of rotatable bonds is 4. The van der Waals surface area contributed by atoms with Crippen LogP contribution < -0.4 is 5.32 Å². The van der Waals surface area contributed by atoms with E-state index >= 15 is 0 Å². The van der Waals surface area contributed by atoms with E-state index in [2.05, 4.69) is 27.9 Å². The molecule has 0 radical (unpaired) electrons. The molecule has 2 rings (SSSR count). The Morgan fingerprint density at radius 2 is 2.05 bits per heavy atom. The first-order valence-electron chi connectivity index (χ1n) is 6.85. The minimum absolute atomic E-state index is 0.0132. The molecule has 1 aliphatic rings. The summed E-state index contributed by atoms with van der Waals surface area (Å²) in [5.74, 6) is 0.760. The van der Waals surface area contributed by atoms with Crippen molar-refractivity contribution in [3.8, 4) is 0 Å². The van der Waals surface area contributed by atoms with Crippen molar-refractivity contribution in [1.82, 2.24) is 5.32 Å². The van der Waals surface area contributed by atoms with Crippen LogP contribution in [0.15, 0.2) is 24.3 Å². The highest BCUT2D eigenvalue weighted by atomic mass is 127. The molecule has 104 valence electrons. The fourth-order valence-corrected chi connectivity index (χ4v) is 3.29. The van der Waals surface area contributed by atoms with Crippen LogP contribution in [0.2, 0.25) is 0 Å². The number of benzene rings is 1. The van der Waals surface area contributed by atoms with Gasteiger partial charge in [-0.1, -0.05) is 18.9 Å². The molecule has 19 heavy (non-hydrogen) atoms. The third-order valence-electron chi connectivity index (χ3n) is 3.91. The van der Waals surface area contributed by atoms with E-state index in [1.54, 1.807) is 0 Å². The third kappa shape index (κ3) is 4.18. The zero-order chi connectivity index (χ0) is 13.7. The summed E-state index contributed by atoms with van der Waals surface area (Å²) in [6.07, 6.45) is 4.60. The first-order chi connectivity index (χ1) is 9.20. The molecule has 0 saturated heterocycles. The molecule has 2 N–H and O–H groups in total. The molecule has 2 unspecified atom stereocenters. The Hall–Kier alpha value is -0.620. The van der Waals surface area contributed by atoms with Crippen LogP contribution in [0.25, 0.3) is 0 Å². The number of aliphatic hydroxyl groups excluding tert-OH is 1. The lowest BCUT2D eigenvalue weighted by Crippen LogP contribution is -2.35. The zero-order valence-corrected chi connectivity index (χ0v) is 13.1. The Labute approximate surface area is 127 Å². The van der Waals surface area contributed by atoms with E-state index in [1.165, 1.54) is 12.8 Å². The van der Waals surface area contributed by atoms with Crippen LogP contribution in [0.3, 0.4) is 0 Å². The van der Waals surface area contributed by atoms with Gasteiger partial charge in [0.25, 0.3) is 5.91 Å². The van der Waals surface area contributed by atoms with Crippen molar-refractivity contribution in [3.63, 3.8) is 0 Å². The van der Waals surface area contributed by atoms with Crippen LogP contribution in [0.4, 0.5) is 0 Å². The van der Waals surface area contributed by atoms with Crippen molar-refractivity contribution in [3.05, 3.63) is 33.4 Å². The highest BCUT2D eigenvalue weighted by Crippen LogP contribution is 2.29. The minimum Gasteiger partial charge on any atom is -0.396 e. The number of nitrogens with one attached hydrogen (secondary N) is 1. The van der Waals surface area contributed by atoms with Gasteiger partial charge >= 0.3 is 0 Å². The van der Waals surface area contributed by atoms with Crippen molar-refractivity contribution in [1.29, 1.82) is 0 Å². The standard InChI is InChI=1S/C15H20INO2/c16-14-7-3-6-11(8-14)15(19)17-9-12-4-1-2-5-13(12)10-18/h3,6-8,12-13,18H,1-2,4-5,9-10H2,(H,17,19). The van der Waals surface area contributed by atoms with Crippen LogP contribution in [-0.4, -0.2) is 24.2 Å². The molecule has 3 nitrogen and oxygen atoms in total. The van der Waals surface area contributed by atoms with Gasteiger partial charge in [0.15, 0.2) is 0 Å². The lowest BCUT2D eigenvalue weighted by atomic mass is 9.79. The van der Waals surface area contributed by atoms with E-state index in [0.29, 0.717) is 23.9 Å². The summed E-state index contributed by atoms with van der Waals surface area (Å²) < 4.78 is 1.07. The number of carbonyl (C=O) groups excluding carboxylic acids is 1. The van der Waals surface area contributed by atoms with Crippen molar-refractivity contribution in [2.24, 2.45) is 11.8 Å². The SMILES string of the molecule is O=C(NCC1CCCCC1CO)c1cccc(I)c1. The van der Waals surface area contributed by atoms with Crippen LogP contribution >= 0.6 is 22.6 Å². The van der Waals surface area contributed by atoms with Crippen molar-refractivity contribution >= 4 is 28.5 Å². The number of halogens is 1. The summed E-state index contributed by atoms with van der Waals surface area (Å²) in [7, 11) is 0. The molecular formula is C15H20INO2. The Morgan fingerprint density at radius 3 is 2.74 bits per heavy atom. The van der Waals surface area contributed by atoms with Gasteiger partial charge in [0.1, 0.15) is 0 Å². The maximum Gasteiger partial charge on any atom is 0.251 e. The second-order valence-electron chi connectivity index (χ2n) is 5.21. The van der Waals surface area contributed by atoms with Crippen molar-refractivity contribution in [2.75, 3.05) is 13.2 Å². The number of amides is 1. The van der Waals surface area contributed by atoms with E-state index in [4.69, 9.17) is 0 Å². The summed E-state index contributed by atoms with van der Waals surface area (Å²) in [4.78, 5) is 12.1. The Kier molecular flexibility index (Phi) is 5.63. The number of hydrogen-bond donors (Lipinski definition) is 2. The Balaban J connectivity index is 1.89. The van der Waals surface area contributed by atoms with Crippen LogP contribution in [0.1, 0.15) is 36.0 Å². The molecule has 0 heterocycles. The van der Waals surface area contributed by atoms with E-state index < -0.39 is 0 Å². The zero-order valence-electron chi connectivity index (χ0n) is 10.9. The van der Waals surface area contributed by atoms with Crippen LogP contribution in [-0.2, 0) is 0 Å². The largest absolute Gasteiger partial charge is 0.396 e. The predicted octanol–water partition coefficient (Wildman–Crippen LogP) is 2.82. The van der Waals surface area contributed by atoms with E-state index in [0.717, 1.165) is 16.4 Å². The van der Waals surface area contributed by atoms with Crippen molar-refractivity contribution in [2.45, 2.75) is 25.7 Å². The molecule has 0 spiro atoms. The second kappa shape index (κ2) is 7.24. The fraction of sp³-hybridized carbons (Fsp3) is 0.533. The average Bonchev–Trinajstić information content (AvgIpc) is 2.45. The van der Waals surface area contributed by atoms with E-state index in [9.17, 15) is 9.90 Å². The van der Waals surface area contributed by atoms with E-state index in [1.807, 2.05) is 24.3 Å². The lowest BCUT2D eigenvalue weighted by Gasteiger charge is -2.30. The van der Waals surface area contributed by atoms with E-state index in [-0.39, 0.29) is 12.5 Å². The monoisotopic (exact) mass is 373 g/mol.